The van der Waals surface area contributed by atoms with E-state index in [-0.39, 0.29) is 12.1 Å². The Morgan fingerprint density at radius 3 is 2.67 bits per heavy atom. The molecule has 1 aliphatic carbocycles. The minimum absolute atomic E-state index is 0.170. The van der Waals surface area contributed by atoms with Gasteiger partial charge in [-0.05, 0) is 42.9 Å². The van der Waals surface area contributed by atoms with Crippen molar-refractivity contribution in [2.45, 2.75) is 25.3 Å². The van der Waals surface area contributed by atoms with E-state index >= 15 is 0 Å². The molecule has 1 saturated carbocycles. The third-order valence-electron chi connectivity index (χ3n) is 3.62. The Bertz CT molecular complexity index is 584. The third kappa shape index (κ3) is 4.02. The van der Waals surface area contributed by atoms with Gasteiger partial charge in [0.25, 0.3) is 0 Å². The quantitative estimate of drug-likeness (QED) is 0.886. The minimum atomic E-state index is -0.219. The van der Waals surface area contributed by atoms with Crippen molar-refractivity contribution in [2.24, 2.45) is 5.92 Å². The van der Waals surface area contributed by atoms with Crippen molar-refractivity contribution >= 4 is 11.8 Å². The Morgan fingerprint density at radius 2 is 2.00 bits per heavy atom. The van der Waals surface area contributed by atoms with Crippen molar-refractivity contribution in [1.82, 2.24) is 15.5 Å². The first-order chi connectivity index (χ1) is 10.3. The number of urea groups is 1. The first-order valence-electron chi connectivity index (χ1n) is 7.20. The molecule has 5 nitrogen and oxygen atoms in total. The zero-order chi connectivity index (χ0) is 14.5. The molecule has 1 aromatic carbocycles. The van der Waals surface area contributed by atoms with Gasteiger partial charge >= 0.3 is 6.03 Å². The summed E-state index contributed by atoms with van der Waals surface area (Å²) in [6.45, 7) is 0. The molecule has 0 spiro atoms. The Morgan fingerprint density at radius 1 is 1.19 bits per heavy atom. The molecule has 2 N–H and O–H groups in total. The highest BCUT2D eigenvalue weighted by Gasteiger charge is 2.32. The van der Waals surface area contributed by atoms with Crippen LogP contribution in [0.5, 0.6) is 0 Å². The molecule has 1 atom stereocenters. The topological polar surface area (TPSA) is 66.9 Å². The second kappa shape index (κ2) is 6.35. The smallest absolute Gasteiger partial charge is 0.320 e. The van der Waals surface area contributed by atoms with Gasteiger partial charge in [-0.25, -0.2) is 4.79 Å². The molecule has 1 unspecified atom stereocenters. The Hall–Kier alpha value is -2.43. The molecule has 3 rings (SSSR count). The highest BCUT2D eigenvalue weighted by Crippen LogP contribution is 2.34. The van der Waals surface area contributed by atoms with Gasteiger partial charge in [-0.3, -0.25) is 5.32 Å². The maximum Gasteiger partial charge on any atom is 0.320 e. The van der Waals surface area contributed by atoms with Crippen LogP contribution >= 0.6 is 0 Å². The van der Waals surface area contributed by atoms with Gasteiger partial charge < -0.3 is 5.32 Å². The van der Waals surface area contributed by atoms with Gasteiger partial charge in [-0.2, -0.15) is 5.10 Å². The summed E-state index contributed by atoms with van der Waals surface area (Å²) < 4.78 is 0. The number of nitrogens with one attached hydrogen (secondary N) is 2. The molecule has 21 heavy (non-hydrogen) atoms. The maximum absolute atomic E-state index is 12.1. The molecular formula is C16H18N4O. The third-order valence-corrected chi connectivity index (χ3v) is 3.62. The number of rotatable bonds is 5. The lowest BCUT2D eigenvalue weighted by molar-refractivity contribution is 0.246. The molecule has 0 bridgehead atoms. The molecule has 108 valence electrons. The summed E-state index contributed by atoms with van der Waals surface area (Å²) in [6, 6.07) is 13.7. The number of carbonyl (C=O) groups excluding carboxylic acids is 1. The predicted octanol–water partition coefficient (Wildman–Crippen LogP) is 2.62. The molecule has 2 aromatic rings. The van der Waals surface area contributed by atoms with E-state index < -0.39 is 0 Å². The fraction of sp³-hybridized carbons (Fsp3) is 0.312. The summed E-state index contributed by atoms with van der Waals surface area (Å²) in [7, 11) is 0. The molecule has 0 aliphatic heterocycles. The molecule has 2 amide bonds. The summed E-state index contributed by atoms with van der Waals surface area (Å²) in [5, 5.41) is 13.4. The number of amides is 2. The lowest BCUT2D eigenvalue weighted by Gasteiger charge is -2.18. The SMILES string of the molecule is O=C(Nc1cccnn1)NC(Cc1ccccc1)C1CC1. The van der Waals surface area contributed by atoms with E-state index in [2.05, 4.69) is 33.0 Å². The molecule has 1 aliphatic rings. The van der Waals surface area contributed by atoms with Crippen LogP contribution in [-0.2, 0) is 6.42 Å². The minimum Gasteiger partial charge on any atom is -0.334 e. The van der Waals surface area contributed by atoms with Crippen LogP contribution in [-0.4, -0.2) is 22.3 Å². The largest absolute Gasteiger partial charge is 0.334 e. The number of aromatic nitrogens is 2. The average molecular weight is 282 g/mol. The predicted molar refractivity (Wildman–Crippen MR) is 80.8 cm³/mol. The summed E-state index contributed by atoms with van der Waals surface area (Å²) in [4.78, 5) is 12.1. The van der Waals surface area contributed by atoms with Crippen LogP contribution in [0.25, 0.3) is 0 Å². The molecule has 5 heteroatoms. The number of hydrogen-bond donors (Lipinski definition) is 2. The number of anilines is 1. The fourth-order valence-electron chi connectivity index (χ4n) is 2.39. The van der Waals surface area contributed by atoms with Gasteiger partial charge in [0.05, 0.1) is 0 Å². The molecule has 1 aromatic heterocycles. The molecule has 1 heterocycles. The zero-order valence-corrected chi connectivity index (χ0v) is 11.7. The molecular weight excluding hydrogens is 264 g/mol. The average Bonchev–Trinajstić information content (AvgIpc) is 3.33. The number of carbonyl (C=O) groups is 1. The van der Waals surface area contributed by atoms with E-state index in [1.54, 1.807) is 18.3 Å². The van der Waals surface area contributed by atoms with E-state index in [1.807, 2.05) is 18.2 Å². The van der Waals surface area contributed by atoms with Gasteiger partial charge in [0.15, 0.2) is 5.82 Å². The van der Waals surface area contributed by atoms with Crippen molar-refractivity contribution in [1.29, 1.82) is 0 Å². The van der Waals surface area contributed by atoms with Crippen molar-refractivity contribution in [3.63, 3.8) is 0 Å². The molecule has 0 saturated heterocycles. The van der Waals surface area contributed by atoms with Crippen molar-refractivity contribution < 1.29 is 4.79 Å². The number of hydrogen-bond acceptors (Lipinski definition) is 3. The standard InChI is InChI=1S/C16H18N4O/c21-16(19-15-7-4-10-17-20-15)18-14(13-8-9-13)11-12-5-2-1-3-6-12/h1-7,10,13-14H,8-9,11H2,(H2,18,19,20,21). The lowest BCUT2D eigenvalue weighted by atomic mass is 10.0. The van der Waals surface area contributed by atoms with Crippen LogP contribution in [0.2, 0.25) is 0 Å². The van der Waals surface area contributed by atoms with Crippen LogP contribution < -0.4 is 10.6 Å². The number of benzene rings is 1. The van der Waals surface area contributed by atoms with Gasteiger partial charge in [-0.1, -0.05) is 30.3 Å². The highest BCUT2D eigenvalue weighted by molar-refractivity contribution is 5.88. The Balaban J connectivity index is 1.59. The first kappa shape index (κ1) is 13.5. The van der Waals surface area contributed by atoms with Gasteiger partial charge in [0.1, 0.15) is 0 Å². The van der Waals surface area contributed by atoms with Gasteiger partial charge in [-0.15, -0.1) is 5.10 Å². The molecule has 0 radical (unpaired) electrons. The van der Waals surface area contributed by atoms with Crippen LogP contribution in [0.15, 0.2) is 48.7 Å². The second-order valence-corrected chi connectivity index (χ2v) is 5.34. The van der Waals surface area contributed by atoms with Gasteiger partial charge in [0, 0.05) is 12.2 Å². The van der Waals surface area contributed by atoms with E-state index in [0.29, 0.717) is 11.7 Å². The van der Waals surface area contributed by atoms with Crippen molar-refractivity contribution in [3.05, 3.63) is 54.2 Å². The number of nitrogens with zero attached hydrogens (tertiary/aromatic N) is 2. The van der Waals surface area contributed by atoms with Crippen LogP contribution in [0, 0.1) is 5.92 Å². The van der Waals surface area contributed by atoms with Crippen LogP contribution in [0.4, 0.5) is 10.6 Å². The zero-order valence-electron chi connectivity index (χ0n) is 11.7. The maximum atomic E-state index is 12.1. The van der Waals surface area contributed by atoms with E-state index in [0.717, 1.165) is 6.42 Å². The Labute approximate surface area is 123 Å². The normalized spacial score (nSPS) is 15.2. The summed E-state index contributed by atoms with van der Waals surface area (Å²) in [5.41, 5.74) is 1.24. The van der Waals surface area contributed by atoms with Crippen LogP contribution in [0.3, 0.4) is 0 Å². The monoisotopic (exact) mass is 282 g/mol. The van der Waals surface area contributed by atoms with Gasteiger partial charge in [0.2, 0.25) is 0 Å². The summed E-state index contributed by atoms with van der Waals surface area (Å²) in [6.07, 6.45) is 4.80. The summed E-state index contributed by atoms with van der Waals surface area (Å²) >= 11 is 0. The Kier molecular flexibility index (Phi) is 4.09. The molecule has 1 fully saturated rings. The van der Waals surface area contributed by atoms with E-state index in [4.69, 9.17) is 0 Å². The van der Waals surface area contributed by atoms with E-state index in [9.17, 15) is 4.79 Å². The van der Waals surface area contributed by atoms with E-state index in [1.165, 1.54) is 18.4 Å². The summed E-state index contributed by atoms with van der Waals surface area (Å²) in [5.74, 6) is 1.04. The fourth-order valence-corrected chi connectivity index (χ4v) is 2.39. The van der Waals surface area contributed by atoms with Crippen molar-refractivity contribution in [3.8, 4) is 0 Å². The lowest BCUT2D eigenvalue weighted by Crippen LogP contribution is -2.40. The highest BCUT2D eigenvalue weighted by atomic mass is 16.2. The second-order valence-electron chi connectivity index (χ2n) is 5.34. The first-order valence-corrected chi connectivity index (χ1v) is 7.20. The van der Waals surface area contributed by atoms with Crippen LogP contribution in [0.1, 0.15) is 18.4 Å². The van der Waals surface area contributed by atoms with Crippen molar-refractivity contribution in [2.75, 3.05) is 5.32 Å².